The molecule has 0 aliphatic carbocycles. The molecule has 1 aromatic rings. The predicted octanol–water partition coefficient (Wildman–Crippen LogP) is 2.23. The number of fused-ring (bicyclic) bond motifs is 1. The minimum absolute atomic E-state index is 0.132. The van der Waals surface area contributed by atoms with Crippen molar-refractivity contribution < 1.29 is 19.0 Å². The molecule has 0 spiro atoms. The summed E-state index contributed by atoms with van der Waals surface area (Å²) in [5.74, 6) is 1.80. The second-order valence-electron chi connectivity index (χ2n) is 7.57. The summed E-state index contributed by atoms with van der Waals surface area (Å²) in [6.07, 6.45) is 2.23. The molecule has 0 N–H and O–H groups in total. The molecule has 3 aliphatic heterocycles. The van der Waals surface area contributed by atoms with Gasteiger partial charge in [-0.25, -0.2) is 0 Å². The van der Waals surface area contributed by atoms with Crippen LogP contribution in [0.3, 0.4) is 0 Å². The lowest BCUT2D eigenvalue weighted by molar-refractivity contribution is -0.136. The molecule has 3 unspecified atom stereocenters. The van der Waals surface area contributed by atoms with Crippen molar-refractivity contribution in [1.82, 2.24) is 9.80 Å². The summed E-state index contributed by atoms with van der Waals surface area (Å²) in [5, 5.41) is 0. The van der Waals surface area contributed by atoms with Gasteiger partial charge in [0.25, 0.3) is 0 Å². The molecule has 3 atom stereocenters. The Bertz CT molecular complexity index is 665. The topological polar surface area (TPSA) is 51.2 Å². The number of carbonyl (C=O) groups excluding carboxylic acids is 1. The average molecular weight is 360 g/mol. The van der Waals surface area contributed by atoms with E-state index in [1.165, 1.54) is 0 Å². The van der Waals surface area contributed by atoms with E-state index in [1.807, 2.05) is 17.0 Å². The van der Waals surface area contributed by atoms with E-state index in [9.17, 15) is 4.79 Å². The Morgan fingerprint density at radius 2 is 2.00 bits per heavy atom. The Kier molecular flexibility index (Phi) is 5.05. The normalized spacial score (nSPS) is 29.0. The van der Waals surface area contributed by atoms with Gasteiger partial charge in [-0.3, -0.25) is 9.69 Å². The molecule has 0 bridgehead atoms. The van der Waals surface area contributed by atoms with E-state index in [2.05, 4.69) is 24.8 Å². The lowest BCUT2D eigenvalue weighted by Crippen LogP contribution is -2.51. The third kappa shape index (κ3) is 3.53. The average Bonchev–Trinajstić information content (AvgIpc) is 3.14. The Labute approximate surface area is 155 Å². The number of nitrogens with zero attached hydrogens (tertiary/aromatic N) is 2. The molecule has 142 valence electrons. The van der Waals surface area contributed by atoms with Crippen molar-refractivity contribution in [1.29, 1.82) is 0 Å². The molecule has 1 amide bonds. The third-order valence-electron chi connectivity index (χ3n) is 5.60. The summed E-state index contributed by atoms with van der Waals surface area (Å²) in [7, 11) is 0. The smallest absolute Gasteiger partial charge is 0.237 e. The number of ether oxygens (including phenoxy) is 3. The fourth-order valence-corrected chi connectivity index (χ4v) is 4.14. The molecule has 3 aliphatic rings. The summed E-state index contributed by atoms with van der Waals surface area (Å²) in [5.41, 5.74) is 1.14. The van der Waals surface area contributed by atoms with Crippen LogP contribution in [0, 0.1) is 0 Å². The molecule has 0 aromatic heterocycles. The molecule has 0 radical (unpaired) electrons. The summed E-state index contributed by atoms with van der Waals surface area (Å²) in [4.78, 5) is 17.3. The highest BCUT2D eigenvalue weighted by molar-refractivity contribution is 5.79. The van der Waals surface area contributed by atoms with Crippen LogP contribution in [0.1, 0.15) is 38.3 Å². The first-order valence-electron chi connectivity index (χ1n) is 9.66. The SMILES string of the molecule is CC1CN(CC(=O)N2CCCC2c2ccc3c(c2)OCCO3)C(C)CO1. The van der Waals surface area contributed by atoms with Gasteiger partial charge in [-0.05, 0) is 44.4 Å². The van der Waals surface area contributed by atoms with Crippen molar-refractivity contribution >= 4 is 5.91 Å². The van der Waals surface area contributed by atoms with Gasteiger partial charge in [0.1, 0.15) is 13.2 Å². The molecule has 4 rings (SSSR count). The minimum atomic E-state index is 0.132. The lowest BCUT2D eigenvalue weighted by Gasteiger charge is -2.37. The van der Waals surface area contributed by atoms with E-state index in [0.717, 1.165) is 43.0 Å². The van der Waals surface area contributed by atoms with Gasteiger partial charge >= 0.3 is 0 Å². The number of likely N-dealkylation sites (tertiary alicyclic amines) is 1. The zero-order chi connectivity index (χ0) is 18.1. The van der Waals surface area contributed by atoms with Crippen LogP contribution >= 0.6 is 0 Å². The molecular weight excluding hydrogens is 332 g/mol. The summed E-state index contributed by atoms with van der Waals surface area (Å²) >= 11 is 0. The molecular formula is C20H28N2O4. The molecule has 6 nitrogen and oxygen atoms in total. The Balaban J connectivity index is 1.47. The van der Waals surface area contributed by atoms with Crippen LogP contribution in [-0.4, -0.2) is 67.3 Å². The number of rotatable bonds is 3. The van der Waals surface area contributed by atoms with E-state index in [-0.39, 0.29) is 24.1 Å². The van der Waals surface area contributed by atoms with Crippen LogP contribution in [-0.2, 0) is 9.53 Å². The van der Waals surface area contributed by atoms with Gasteiger partial charge in [0, 0.05) is 19.1 Å². The van der Waals surface area contributed by atoms with Gasteiger partial charge in [0.15, 0.2) is 11.5 Å². The third-order valence-corrected chi connectivity index (χ3v) is 5.60. The predicted molar refractivity (Wildman–Crippen MR) is 97.6 cm³/mol. The van der Waals surface area contributed by atoms with Crippen LogP contribution in [0.2, 0.25) is 0 Å². The van der Waals surface area contributed by atoms with E-state index >= 15 is 0 Å². The first-order chi connectivity index (χ1) is 12.6. The van der Waals surface area contributed by atoms with Gasteiger partial charge in [0.05, 0.1) is 25.3 Å². The number of hydrogen-bond donors (Lipinski definition) is 0. The molecule has 6 heteroatoms. The standard InChI is InChI=1S/C20H28N2O4/c1-14-13-26-15(2)11-21(14)12-20(23)22-7-3-4-17(22)16-5-6-18-19(10-16)25-9-8-24-18/h5-6,10,14-15,17H,3-4,7-9,11-13H2,1-2H3. The van der Waals surface area contributed by atoms with Crippen molar-refractivity contribution in [2.45, 2.75) is 44.9 Å². The van der Waals surface area contributed by atoms with Gasteiger partial charge in [-0.2, -0.15) is 0 Å². The number of hydrogen-bond acceptors (Lipinski definition) is 5. The van der Waals surface area contributed by atoms with Crippen LogP contribution < -0.4 is 9.47 Å². The first kappa shape index (κ1) is 17.6. The molecule has 1 aromatic carbocycles. The first-order valence-corrected chi connectivity index (χ1v) is 9.66. The minimum Gasteiger partial charge on any atom is -0.486 e. The van der Waals surface area contributed by atoms with Crippen molar-refractivity contribution in [3.8, 4) is 11.5 Å². The van der Waals surface area contributed by atoms with Crippen LogP contribution in [0.5, 0.6) is 11.5 Å². The fraction of sp³-hybridized carbons (Fsp3) is 0.650. The summed E-state index contributed by atoms with van der Waals surface area (Å²) in [6, 6.07) is 6.50. The number of benzene rings is 1. The fourth-order valence-electron chi connectivity index (χ4n) is 4.14. The van der Waals surface area contributed by atoms with Crippen molar-refractivity contribution in [2.75, 3.05) is 39.5 Å². The molecule has 2 fully saturated rings. The quantitative estimate of drug-likeness (QED) is 0.827. The monoisotopic (exact) mass is 360 g/mol. The zero-order valence-corrected chi connectivity index (χ0v) is 15.6. The van der Waals surface area contributed by atoms with Gasteiger partial charge < -0.3 is 19.1 Å². The van der Waals surface area contributed by atoms with Crippen LogP contribution in [0.15, 0.2) is 18.2 Å². The largest absolute Gasteiger partial charge is 0.486 e. The van der Waals surface area contributed by atoms with E-state index in [4.69, 9.17) is 14.2 Å². The number of carbonyl (C=O) groups is 1. The maximum Gasteiger partial charge on any atom is 0.237 e. The second kappa shape index (κ2) is 7.45. The van der Waals surface area contributed by atoms with Crippen LogP contribution in [0.4, 0.5) is 0 Å². The van der Waals surface area contributed by atoms with Gasteiger partial charge in [-0.1, -0.05) is 6.07 Å². The van der Waals surface area contributed by atoms with Gasteiger partial charge in [-0.15, -0.1) is 0 Å². The molecule has 2 saturated heterocycles. The van der Waals surface area contributed by atoms with Crippen molar-refractivity contribution in [2.24, 2.45) is 0 Å². The second-order valence-corrected chi connectivity index (χ2v) is 7.57. The maximum atomic E-state index is 13.0. The van der Waals surface area contributed by atoms with Gasteiger partial charge in [0.2, 0.25) is 5.91 Å². The van der Waals surface area contributed by atoms with E-state index in [1.54, 1.807) is 0 Å². The Morgan fingerprint density at radius 3 is 2.85 bits per heavy atom. The molecule has 0 saturated carbocycles. The van der Waals surface area contributed by atoms with E-state index in [0.29, 0.717) is 26.4 Å². The van der Waals surface area contributed by atoms with E-state index < -0.39 is 0 Å². The lowest BCUT2D eigenvalue weighted by atomic mass is 10.0. The number of amides is 1. The molecule has 26 heavy (non-hydrogen) atoms. The van der Waals surface area contributed by atoms with Crippen molar-refractivity contribution in [3.05, 3.63) is 23.8 Å². The maximum absolute atomic E-state index is 13.0. The Morgan fingerprint density at radius 1 is 1.19 bits per heavy atom. The van der Waals surface area contributed by atoms with Crippen LogP contribution in [0.25, 0.3) is 0 Å². The summed E-state index contributed by atoms with van der Waals surface area (Å²) in [6.45, 7) is 8.17. The summed E-state index contributed by atoms with van der Waals surface area (Å²) < 4.78 is 17.0. The highest BCUT2D eigenvalue weighted by Gasteiger charge is 2.33. The highest BCUT2D eigenvalue weighted by atomic mass is 16.6. The van der Waals surface area contributed by atoms with Crippen molar-refractivity contribution in [3.63, 3.8) is 0 Å². The molecule has 3 heterocycles. The number of morpholine rings is 1. The Hall–Kier alpha value is -1.79. The zero-order valence-electron chi connectivity index (χ0n) is 15.6. The highest BCUT2D eigenvalue weighted by Crippen LogP contribution is 2.38.